The highest BCUT2D eigenvalue weighted by Gasteiger charge is 2.19. The smallest absolute Gasteiger partial charge is 0.373 e. The lowest BCUT2D eigenvalue weighted by Gasteiger charge is -2.08. The molecule has 0 fully saturated rings. The van der Waals surface area contributed by atoms with E-state index in [0.29, 0.717) is 5.76 Å². The highest BCUT2D eigenvalue weighted by molar-refractivity contribution is 7.99. The summed E-state index contributed by atoms with van der Waals surface area (Å²) in [5.74, 6) is 1.20. The number of furan rings is 1. The van der Waals surface area contributed by atoms with E-state index in [1.165, 1.54) is 18.9 Å². The fraction of sp³-hybridized carbons (Fsp3) is 0.333. The van der Waals surface area contributed by atoms with E-state index in [9.17, 15) is 4.79 Å². The fourth-order valence-corrected chi connectivity index (χ4v) is 3.26. The van der Waals surface area contributed by atoms with Crippen molar-refractivity contribution in [3.63, 3.8) is 0 Å². The Morgan fingerprint density at radius 1 is 1.35 bits per heavy atom. The summed E-state index contributed by atoms with van der Waals surface area (Å²) >= 11 is 1.49. The molecule has 1 atom stereocenters. The summed E-state index contributed by atoms with van der Waals surface area (Å²) in [5, 5.41) is 9.09. The summed E-state index contributed by atoms with van der Waals surface area (Å²) in [7, 11) is 1.32. The van der Waals surface area contributed by atoms with Gasteiger partial charge in [-0.05, 0) is 32.9 Å². The van der Waals surface area contributed by atoms with Crippen molar-refractivity contribution >= 4 is 23.4 Å². The minimum atomic E-state index is -0.489. The van der Waals surface area contributed by atoms with Crippen LogP contribution in [0.5, 0.6) is 0 Å². The molecule has 7 nitrogen and oxygen atoms in total. The van der Waals surface area contributed by atoms with Gasteiger partial charge in [-0.1, -0.05) is 11.8 Å². The lowest BCUT2D eigenvalue weighted by Crippen LogP contribution is -2.00. The van der Waals surface area contributed by atoms with Crippen LogP contribution < -0.4 is 0 Å². The van der Waals surface area contributed by atoms with Crippen LogP contribution in [-0.2, 0) is 4.74 Å². The average Bonchev–Trinajstić information content (AvgIpc) is 3.13. The highest BCUT2D eigenvalue weighted by atomic mass is 32.2. The quantitative estimate of drug-likeness (QED) is 0.536. The minimum Gasteiger partial charge on any atom is -0.463 e. The molecular weight excluding hydrogens is 316 g/mol. The van der Waals surface area contributed by atoms with Crippen LogP contribution in [-0.4, -0.2) is 32.7 Å². The topological polar surface area (TPSA) is 82.5 Å². The Hall–Kier alpha value is -2.35. The third-order valence-electron chi connectivity index (χ3n) is 3.35. The van der Waals surface area contributed by atoms with Crippen LogP contribution >= 0.6 is 11.8 Å². The monoisotopic (exact) mass is 332 g/mol. The molecule has 3 rings (SSSR count). The number of carbonyl (C=O) groups excluding carboxylic acids is 1. The number of aromatic nitrogens is 4. The van der Waals surface area contributed by atoms with Crippen molar-refractivity contribution in [2.24, 2.45) is 0 Å². The number of ether oxygens (including phenoxy) is 1. The number of aryl methyl sites for hydroxylation is 2. The molecule has 0 saturated carbocycles. The van der Waals surface area contributed by atoms with Crippen LogP contribution in [0.25, 0.3) is 5.65 Å². The second kappa shape index (κ2) is 6.04. The molecule has 0 aliphatic rings. The number of hydrogen-bond acceptors (Lipinski definition) is 7. The van der Waals surface area contributed by atoms with Gasteiger partial charge in [0.15, 0.2) is 10.8 Å². The van der Waals surface area contributed by atoms with Crippen molar-refractivity contribution in [1.82, 2.24) is 19.6 Å². The molecule has 0 aliphatic carbocycles. The normalized spacial score (nSPS) is 12.5. The van der Waals surface area contributed by atoms with Gasteiger partial charge in [0.05, 0.1) is 12.4 Å². The lowest BCUT2D eigenvalue weighted by molar-refractivity contribution is 0.0563. The third kappa shape index (κ3) is 2.94. The average molecular weight is 332 g/mol. The van der Waals surface area contributed by atoms with E-state index in [-0.39, 0.29) is 11.0 Å². The van der Waals surface area contributed by atoms with Crippen LogP contribution in [0.3, 0.4) is 0 Å². The van der Waals surface area contributed by atoms with E-state index in [4.69, 9.17) is 4.42 Å². The Kier molecular flexibility index (Phi) is 4.08. The Bertz CT molecular complexity index is 871. The number of methoxy groups -OCH3 is 1. The van der Waals surface area contributed by atoms with Gasteiger partial charge in [-0.25, -0.2) is 9.78 Å². The van der Waals surface area contributed by atoms with Crippen molar-refractivity contribution in [3.8, 4) is 0 Å². The van der Waals surface area contributed by atoms with E-state index in [0.717, 1.165) is 22.3 Å². The van der Waals surface area contributed by atoms with Crippen LogP contribution in [0, 0.1) is 13.8 Å². The van der Waals surface area contributed by atoms with Gasteiger partial charge >= 0.3 is 5.97 Å². The van der Waals surface area contributed by atoms with Gasteiger partial charge < -0.3 is 9.15 Å². The standard InChI is InChI=1S/C15H16N4O3S/c1-8-7-13-17-18-15(19(13)10(3)16-8)23-9(2)11-5-6-12(22-11)14(20)21-4/h5-7,9H,1-4H3. The molecule has 23 heavy (non-hydrogen) atoms. The number of rotatable bonds is 4. The number of hydrogen-bond donors (Lipinski definition) is 0. The zero-order chi connectivity index (χ0) is 16.6. The first-order valence-electron chi connectivity index (χ1n) is 7.03. The first-order valence-corrected chi connectivity index (χ1v) is 7.91. The van der Waals surface area contributed by atoms with Crippen molar-refractivity contribution in [3.05, 3.63) is 41.2 Å². The summed E-state index contributed by atoms with van der Waals surface area (Å²) in [6.07, 6.45) is 0. The summed E-state index contributed by atoms with van der Waals surface area (Å²) in [4.78, 5) is 15.9. The Morgan fingerprint density at radius 2 is 2.13 bits per heavy atom. The SMILES string of the molecule is COC(=O)c1ccc(C(C)Sc2nnc3cc(C)nc(C)n23)o1. The Morgan fingerprint density at radius 3 is 2.87 bits per heavy atom. The molecule has 120 valence electrons. The van der Waals surface area contributed by atoms with Gasteiger partial charge in [0.1, 0.15) is 11.6 Å². The van der Waals surface area contributed by atoms with Gasteiger partial charge in [0, 0.05) is 11.8 Å². The second-order valence-electron chi connectivity index (χ2n) is 5.07. The van der Waals surface area contributed by atoms with Crippen molar-refractivity contribution in [2.75, 3.05) is 7.11 Å². The Labute approximate surface area is 137 Å². The summed E-state index contributed by atoms with van der Waals surface area (Å²) < 4.78 is 12.1. The molecular formula is C15H16N4O3S. The number of fused-ring (bicyclic) bond motifs is 1. The zero-order valence-electron chi connectivity index (χ0n) is 13.2. The van der Waals surface area contributed by atoms with Gasteiger partial charge in [0.2, 0.25) is 5.76 Å². The molecule has 3 aromatic rings. The van der Waals surface area contributed by atoms with Gasteiger partial charge in [0.25, 0.3) is 0 Å². The third-order valence-corrected chi connectivity index (χ3v) is 4.42. The van der Waals surface area contributed by atoms with Crippen LogP contribution in [0.15, 0.2) is 27.8 Å². The summed E-state index contributed by atoms with van der Waals surface area (Å²) in [5.41, 5.74) is 1.67. The molecule has 0 radical (unpaired) electrons. The van der Waals surface area contributed by atoms with E-state index in [2.05, 4.69) is 19.9 Å². The highest BCUT2D eigenvalue weighted by Crippen LogP contribution is 2.35. The zero-order valence-corrected chi connectivity index (χ0v) is 14.0. The number of esters is 1. The Balaban J connectivity index is 1.87. The molecule has 0 aromatic carbocycles. The maximum atomic E-state index is 11.5. The molecule has 0 amide bonds. The predicted molar refractivity (Wildman–Crippen MR) is 84.6 cm³/mol. The van der Waals surface area contributed by atoms with Gasteiger partial charge in [-0.2, -0.15) is 0 Å². The van der Waals surface area contributed by atoms with Crippen molar-refractivity contribution in [1.29, 1.82) is 0 Å². The van der Waals surface area contributed by atoms with Gasteiger partial charge in [-0.15, -0.1) is 10.2 Å². The molecule has 3 heterocycles. The second-order valence-corrected chi connectivity index (χ2v) is 6.38. The minimum absolute atomic E-state index is 0.0403. The molecule has 1 unspecified atom stereocenters. The van der Waals surface area contributed by atoms with E-state index < -0.39 is 5.97 Å². The summed E-state index contributed by atoms with van der Waals surface area (Å²) in [6, 6.07) is 5.26. The first-order chi connectivity index (χ1) is 11.0. The largest absolute Gasteiger partial charge is 0.463 e. The number of thioether (sulfide) groups is 1. The predicted octanol–water partition coefficient (Wildman–Crippen LogP) is 2.97. The molecule has 0 aliphatic heterocycles. The summed E-state index contributed by atoms with van der Waals surface area (Å²) in [6.45, 7) is 5.82. The number of nitrogens with zero attached hydrogens (tertiary/aromatic N) is 4. The molecule has 0 spiro atoms. The van der Waals surface area contributed by atoms with Crippen molar-refractivity contribution < 1.29 is 13.9 Å². The maximum absolute atomic E-state index is 11.5. The fourth-order valence-electron chi connectivity index (χ4n) is 2.28. The molecule has 0 saturated heterocycles. The van der Waals surface area contributed by atoms with E-state index in [1.807, 2.05) is 31.2 Å². The number of carbonyl (C=O) groups is 1. The van der Waals surface area contributed by atoms with Gasteiger partial charge in [-0.3, -0.25) is 4.40 Å². The molecule has 8 heteroatoms. The molecule has 3 aromatic heterocycles. The first kappa shape index (κ1) is 15.5. The van der Waals surface area contributed by atoms with E-state index in [1.54, 1.807) is 12.1 Å². The molecule has 0 N–H and O–H groups in total. The van der Waals surface area contributed by atoms with Crippen LogP contribution in [0.1, 0.15) is 40.0 Å². The van der Waals surface area contributed by atoms with Crippen molar-refractivity contribution in [2.45, 2.75) is 31.2 Å². The molecule has 0 bridgehead atoms. The van der Waals surface area contributed by atoms with E-state index >= 15 is 0 Å². The lowest BCUT2D eigenvalue weighted by atomic mass is 10.3. The van der Waals surface area contributed by atoms with Crippen LogP contribution in [0.2, 0.25) is 0 Å². The maximum Gasteiger partial charge on any atom is 0.373 e. The van der Waals surface area contributed by atoms with Crippen LogP contribution in [0.4, 0.5) is 0 Å².